The van der Waals surface area contributed by atoms with Gasteiger partial charge in [0.1, 0.15) is 5.75 Å². The van der Waals surface area contributed by atoms with Gasteiger partial charge in [-0.15, -0.1) is 0 Å². The van der Waals surface area contributed by atoms with Gasteiger partial charge in [-0.05, 0) is 31.8 Å². The van der Waals surface area contributed by atoms with E-state index in [2.05, 4.69) is 29.4 Å². The molecular weight excluding hydrogens is 228 g/mol. The highest BCUT2D eigenvalue weighted by Crippen LogP contribution is 2.23. The highest BCUT2D eigenvalue weighted by atomic mass is 16.5. The fourth-order valence-electron chi connectivity index (χ4n) is 2.39. The van der Waals surface area contributed by atoms with Crippen LogP contribution in [0.4, 0.5) is 0 Å². The first kappa shape index (κ1) is 13.3. The van der Waals surface area contributed by atoms with Crippen LogP contribution in [0, 0.1) is 0 Å². The maximum atomic E-state index is 5.88. The molecule has 0 spiro atoms. The van der Waals surface area contributed by atoms with Gasteiger partial charge in [-0.2, -0.15) is 0 Å². The fraction of sp³-hybridized carbons (Fsp3) is 0.571. The lowest BCUT2D eigenvalue weighted by molar-refractivity contribution is -0.0380. The molecule has 4 heteroatoms. The van der Waals surface area contributed by atoms with Gasteiger partial charge in [0.2, 0.25) is 0 Å². The van der Waals surface area contributed by atoms with Crippen molar-refractivity contribution in [2.75, 3.05) is 40.9 Å². The molecular formula is C14H22N2O2. The molecule has 0 amide bonds. The molecule has 0 aliphatic carbocycles. The van der Waals surface area contributed by atoms with Crippen molar-refractivity contribution in [1.82, 2.24) is 10.2 Å². The lowest BCUT2D eigenvalue weighted by Crippen LogP contribution is -2.46. The molecule has 2 atom stereocenters. The summed E-state index contributed by atoms with van der Waals surface area (Å²) in [6, 6.07) is 8.40. The monoisotopic (exact) mass is 250 g/mol. The van der Waals surface area contributed by atoms with Crippen molar-refractivity contribution < 1.29 is 9.47 Å². The summed E-state index contributed by atoms with van der Waals surface area (Å²) < 4.78 is 11.1. The fourth-order valence-corrected chi connectivity index (χ4v) is 2.39. The molecule has 2 rings (SSSR count). The topological polar surface area (TPSA) is 33.7 Å². The zero-order valence-electron chi connectivity index (χ0n) is 11.3. The predicted octanol–water partition coefficient (Wildman–Crippen LogP) is 1.29. The van der Waals surface area contributed by atoms with E-state index in [0.29, 0.717) is 0 Å². The number of likely N-dealkylation sites (N-methyl/N-ethyl adjacent to an activating group) is 2. The standard InChI is InChI=1S/C14H22N2O2/c1-15-14(13-10-16(2)8-9-18-13)11-4-6-12(17-3)7-5-11/h4-7,13-15H,8-10H2,1-3H3. The van der Waals surface area contributed by atoms with Crippen molar-refractivity contribution in [3.8, 4) is 5.75 Å². The van der Waals surface area contributed by atoms with Gasteiger partial charge in [0, 0.05) is 13.1 Å². The van der Waals surface area contributed by atoms with E-state index in [-0.39, 0.29) is 12.1 Å². The molecule has 1 heterocycles. The van der Waals surface area contributed by atoms with Crippen LogP contribution in [0.25, 0.3) is 0 Å². The van der Waals surface area contributed by atoms with Crippen LogP contribution < -0.4 is 10.1 Å². The lowest BCUT2D eigenvalue weighted by Gasteiger charge is -2.35. The molecule has 1 saturated heterocycles. The second-order valence-corrected chi connectivity index (χ2v) is 4.71. The Morgan fingerprint density at radius 3 is 2.67 bits per heavy atom. The molecule has 4 nitrogen and oxygen atoms in total. The van der Waals surface area contributed by atoms with E-state index in [1.54, 1.807) is 7.11 Å². The quantitative estimate of drug-likeness (QED) is 0.873. The molecule has 1 aromatic rings. The molecule has 2 unspecified atom stereocenters. The third-order valence-corrected chi connectivity index (χ3v) is 3.45. The van der Waals surface area contributed by atoms with E-state index >= 15 is 0 Å². The van der Waals surface area contributed by atoms with Crippen molar-refractivity contribution in [2.45, 2.75) is 12.1 Å². The molecule has 0 saturated carbocycles. The van der Waals surface area contributed by atoms with Gasteiger partial charge in [-0.3, -0.25) is 0 Å². The largest absolute Gasteiger partial charge is 0.497 e. The Hall–Kier alpha value is -1.10. The van der Waals surface area contributed by atoms with Gasteiger partial charge < -0.3 is 19.7 Å². The predicted molar refractivity (Wildman–Crippen MR) is 72.0 cm³/mol. The molecule has 1 aliphatic heterocycles. The highest BCUT2D eigenvalue weighted by Gasteiger charge is 2.26. The zero-order chi connectivity index (χ0) is 13.0. The first-order valence-corrected chi connectivity index (χ1v) is 6.36. The Kier molecular flexibility index (Phi) is 4.58. The smallest absolute Gasteiger partial charge is 0.118 e. The molecule has 0 radical (unpaired) electrons. The van der Waals surface area contributed by atoms with E-state index in [9.17, 15) is 0 Å². The van der Waals surface area contributed by atoms with Gasteiger partial charge in [-0.1, -0.05) is 12.1 Å². The molecule has 1 fully saturated rings. The molecule has 1 aromatic carbocycles. The Morgan fingerprint density at radius 1 is 1.39 bits per heavy atom. The normalized spacial score (nSPS) is 22.7. The zero-order valence-corrected chi connectivity index (χ0v) is 11.3. The summed E-state index contributed by atoms with van der Waals surface area (Å²) >= 11 is 0. The number of nitrogens with zero attached hydrogens (tertiary/aromatic N) is 1. The number of methoxy groups -OCH3 is 1. The van der Waals surface area contributed by atoms with Crippen molar-refractivity contribution in [2.24, 2.45) is 0 Å². The molecule has 0 aromatic heterocycles. The second kappa shape index (κ2) is 6.18. The summed E-state index contributed by atoms with van der Waals surface area (Å²) in [5, 5.41) is 3.35. The Labute approximate surface area is 109 Å². The molecule has 0 bridgehead atoms. The number of nitrogens with one attached hydrogen (secondary N) is 1. The minimum absolute atomic E-state index is 0.196. The maximum absolute atomic E-state index is 5.88. The third-order valence-electron chi connectivity index (χ3n) is 3.45. The van der Waals surface area contributed by atoms with Gasteiger partial charge in [0.05, 0.1) is 25.9 Å². The van der Waals surface area contributed by atoms with E-state index in [1.807, 2.05) is 19.2 Å². The number of ether oxygens (including phenoxy) is 2. The van der Waals surface area contributed by atoms with E-state index in [4.69, 9.17) is 9.47 Å². The summed E-state index contributed by atoms with van der Waals surface area (Å²) in [4.78, 5) is 2.31. The Morgan fingerprint density at radius 2 is 2.11 bits per heavy atom. The van der Waals surface area contributed by atoms with Gasteiger partial charge in [0.15, 0.2) is 0 Å². The van der Waals surface area contributed by atoms with Crippen LogP contribution in [0.1, 0.15) is 11.6 Å². The van der Waals surface area contributed by atoms with Crippen molar-refractivity contribution in [3.05, 3.63) is 29.8 Å². The van der Waals surface area contributed by atoms with Crippen molar-refractivity contribution in [1.29, 1.82) is 0 Å². The summed E-state index contributed by atoms with van der Waals surface area (Å²) in [5.74, 6) is 0.885. The van der Waals surface area contributed by atoms with Gasteiger partial charge >= 0.3 is 0 Å². The number of morpholine rings is 1. The molecule has 1 N–H and O–H groups in total. The van der Waals surface area contributed by atoms with Crippen molar-refractivity contribution >= 4 is 0 Å². The van der Waals surface area contributed by atoms with E-state index in [0.717, 1.165) is 25.4 Å². The van der Waals surface area contributed by atoms with E-state index < -0.39 is 0 Å². The molecule has 100 valence electrons. The summed E-state index contributed by atoms with van der Waals surface area (Å²) in [6.07, 6.45) is 0.196. The lowest BCUT2D eigenvalue weighted by atomic mass is 10.00. The van der Waals surface area contributed by atoms with Crippen LogP contribution in [0.5, 0.6) is 5.75 Å². The summed E-state index contributed by atoms with van der Waals surface area (Å²) in [6.45, 7) is 2.77. The third kappa shape index (κ3) is 3.02. The Balaban J connectivity index is 2.11. The minimum atomic E-state index is 0.196. The number of hydrogen-bond acceptors (Lipinski definition) is 4. The van der Waals surface area contributed by atoms with Crippen LogP contribution in [0.3, 0.4) is 0 Å². The van der Waals surface area contributed by atoms with Gasteiger partial charge in [0.25, 0.3) is 0 Å². The van der Waals surface area contributed by atoms with Crippen LogP contribution in [0.15, 0.2) is 24.3 Å². The summed E-state index contributed by atoms with van der Waals surface area (Å²) in [5.41, 5.74) is 1.23. The average molecular weight is 250 g/mol. The minimum Gasteiger partial charge on any atom is -0.497 e. The SMILES string of the molecule is CNC(c1ccc(OC)cc1)C1CN(C)CCO1. The molecule has 18 heavy (non-hydrogen) atoms. The first-order valence-electron chi connectivity index (χ1n) is 6.36. The van der Waals surface area contributed by atoms with Crippen molar-refractivity contribution in [3.63, 3.8) is 0 Å². The second-order valence-electron chi connectivity index (χ2n) is 4.71. The number of rotatable bonds is 4. The number of hydrogen-bond donors (Lipinski definition) is 1. The first-order chi connectivity index (χ1) is 8.74. The average Bonchev–Trinajstić information content (AvgIpc) is 2.40. The van der Waals surface area contributed by atoms with Gasteiger partial charge in [-0.25, -0.2) is 0 Å². The van der Waals surface area contributed by atoms with Crippen LogP contribution in [0.2, 0.25) is 0 Å². The van der Waals surface area contributed by atoms with Crippen LogP contribution in [-0.4, -0.2) is 51.9 Å². The molecule has 1 aliphatic rings. The number of benzene rings is 1. The van der Waals surface area contributed by atoms with E-state index in [1.165, 1.54) is 5.56 Å². The van der Waals surface area contributed by atoms with Crippen LogP contribution >= 0.6 is 0 Å². The Bertz CT molecular complexity index is 367. The highest BCUT2D eigenvalue weighted by molar-refractivity contribution is 5.29. The summed E-state index contributed by atoms with van der Waals surface area (Å²) in [7, 11) is 5.80. The maximum Gasteiger partial charge on any atom is 0.118 e. The van der Waals surface area contributed by atoms with Crippen LogP contribution in [-0.2, 0) is 4.74 Å².